The van der Waals surface area contributed by atoms with Crippen LogP contribution in [-0.2, 0) is 4.79 Å². The fourth-order valence-electron chi connectivity index (χ4n) is 7.10. The quantitative estimate of drug-likeness (QED) is 0.524. The van der Waals surface area contributed by atoms with Crippen molar-refractivity contribution in [2.24, 2.45) is 34.5 Å². The van der Waals surface area contributed by atoms with Gasteiger partial charge in [-0.2, -0.15) is 0 Å². The molecule has 0 amide bonds. The second-order valence-electron chi connectivity index (χ2n) is 9.25. The molecule has 4 saturated carbocycles. The predicted molar refractivity (Wildman–Crippen MR) is 88.8 cm³/mol. The highest BCUT2D eigenvalue weighted by Crippen LogP contribution is 2.66. The smallest absolute Gasteiger partial charge is 0.162 e. The topological polar surface area (TPSA) is 57.5 Å². The molecule has 4 rings (SSSR count). The van der Waals surface area contributed by atoms with E-state index in [0.29, 0.717) is 35.7 Å². The van der Waals surface area contributed by atoms with E-state index in [-0.39, 0.29) is 22.7 Å². The Kier molecular flexibility index (Phi) is 3.46. The Morgan fingerprint density at radius 1 is 1.04 bits per heavy atom. The van der Waals surface area contributed by atoms with Crippen molar-refractivity contribution in [2.75, 3.05) is 0 Å². The van der Waals surface area contributed by atoms with Crippen LogP contribution in [0.3, 0.4) is 0 Å². The summed E-state index contributed by atoms with van der Waals surface area (Å²) in [5, 5.41) is 20.0. The van der Waals surface area contributed by atoms with Gasteiger partial charge in [0.15, 0.2) is 5.78 Å². The number of hydrogen-bond acceptors (Lipinski definition) is 3. The molecular formula is C20H30O3. The van der Waals surface area contributed by atoms with Gasteiger partial charge in [-0.25, -0.2) is 0 Å². The molecule has 4 aliphatic carbocycles. The monoisotopic (exact) mass is 318 g/mol. The highest BCUT2D eigenvalue weighted by Gasteiger charge is 2.60. The van der Waals surface area contributed by atoms with E-state index in [4.69, 9.17) is 0 Å². The summed E-state index contributed by atoms with van der Waals surface area (Å²) >= 11 is 0. The Balaban J connectivity index is 1.66. The summed E-state index contributed by atoms with van der Waals surface area (Å²) in [6.45, 7) is 4.68. The van der Waals surface area contributed by atoms with Gasteiger partial charge in [0.25, 0.3) is 0 Å². The second-order valence-corrected chi connectivity index (χ2v) is 9.25. The molecule has 4 fully saturated rings. The van der Waals surface area contributed by atoms with Gasteiger partial charge in [0.05, 0.1) is 12.4 Å². The van der Waals surface area contributed by atoms with Crippen molar-refractivity contribution in [1.29, 1.82) is 0 Å². The normalized spacial score (nSPS) is 54.5. The van der Waals surface area contributed by atoms with Crippen LogP contribution in [0.25, 0.3) is 0 Å². The molecule has 7 atom stereocenters. The minimum absolute atomic E-state index is 0.116. The molecule has 0 spiro atoms. The van der Waals surface area contributed by atoms with Crippen molar-refractivity contribution in [1.82, 2.24) is 0 Å². The van der Waals surface area contributed by atoms with Gasteiger partial charge in [-0.15, -0.1) is 0 Å². The van der Waals surface area contributed by atoms with Gasteiger partial charge in [-0.3, -0.25) is 4.79 Å². The lowest BCUT2D eigenvalue weighted by Crippen LogP contribution is -2.54. The number of aliphatic hydroxyl groups is 2. The van der Waals surface area contributed by atoms with Crippen LogP contribution in [0.5, 0.6) is 0 Å². The molecule has 128 valence electrons. The molecule has 0 aliphatic heterocycles. The van der Waals surface area contributed by atoms with E-state index in [1.807, 2.05) is 0 Å². The predicted octanol–water partition coefficient (Wildman–Crippen LogP) is 4.01. The Bertz CT molecular complexity index is 553. The average molecular weight is 318 g/mol. The molecule has 0 heterocycles. The third-order valence-electron chi connectivity index (χ3n) is 8.53. The van der Waals surface area contributed by atoms with Crippen LogP contribution in [0.1, 0.15) is 65.2 Å². The van der Waals surface area contributed by atoms with Crippen LogP contribution in [0.4, 0.5) is 0 Å². The summed E-state index contributed by atoms with van der Waals surface area (Å²) in [7, 11) is 0. The van der Waals surface area contributed by atoms with Crippen molar-refractivity contribution in [2.45, 2.75) is 71.3 Å². The van der Waals surface area contributed by atoms with Crippen LogP contribution < -0.4 is 0 Å². The van der Waals surface area contributed by atoms with E-state index in [1.165, 1.54) is 19.3 Å². The number of rotatable bonds is 0. The van der Waals surface area contributed by atoms with Gasteiger partial charge in [0, 0.05) is 12.0 Å². The molecule has 3 heteroatoms. The number of ketones is 1. The standard InChI is InChI=1S/C20H30O3/c1-19-8-7-16-14(15(19)5-6-18(19)23)4-3-13-9-17(22)12(11-21)10-20(13,16)2/h11,13-16,18,21,23H,3-10H2,1-2H3/t13-,14-,15-,16-,18-,19-,20-/m0/s1. The van der Waals surface area contributed by atoms with E-state index in [2.05, 4.69) is 13.8 Å². The zero-order valence-corrected chi connectivity index (χ0v) is 14.4. The zero-order chi connectivity index (χ0) is 16.4. The van der Waals surface area contributed by atoms with Gasteiger partial charge < -0.3 is 10.2 Å². The van der Waals surface area contributed by atoms with Gasteiger partial charge >= 0.3 is 0 Å². The van der Waals surface area contributed by atoms with Crippen LogP contribution >= 0.6 is 0 Å². The first-order valence-corrected chi connectivity index (χ1v) is 9.44. The molecule has 2 N–H and O–H groups in total. The van der Waals surface area contributed by atoms with E-state index in [9.17, 15) is 15.0 Å². The fourth-order valence-corrected chi connectivity index (χ4v) is 7.10. The molecule has 23 heavy (non-hydrogen) atoms. The van der Waals surface area contributed by atoms with Crippen LogP contribution in [0.15, 0.2) is 11.8 Å². The molecule has 0 bridgehead atoms. The highest BCUT2D eigenvalue weighted by molar-refractivity contribution is 5.96. The van der Waals surface area contributed by atoms with Crippen molar-refractivity contribution in [3.05, 3.63) is 11.8 Å². The lowest BCUT2D eigenvalue weighted by Gasteiger charge is -2.60. The SMILES string of the molecule is C[C@]12CC(=CO)C(=O)C[C@@H]1CC[C@@H]1[C@@H]2CC[C@]2(C)[C@@H](O)CC[C@@H]12. The summed E-state index contributed by atoms with van der Waals surface area (Å²) in [6.07, 6.45) is 9.11. The lowest BCUT2D eigenvalue weighted by atomic mass is 9.45. The third-order valence-corrected chi connectivity index (χ3v) is 8.53. The summed E-state index contributed by atoms with van der Waals surface area (Å²) in [5.74, 6) is 2.63. The maximum absolute atomic E-state index is 12.2. The molecular weight excluding hydrogens is 288 g/mol. The Morgan fingerprint density at radius 2 is 1.78 bits per heavy atom. The number of hydrogen-bond donors (Lipinski definition) is 2. The maximum Gasteiger partial charge on any atom is 0.162 e. The zero-order valence-electron chi connectivity index (χ0n) is 14.4. The molecule has 0 unspecified atom stereocenters. The maximum atomic E-state index is 12.2. The van der Waals surface area contributed by atoms with Crippen molar-refractivity contribution in [3.8, 4) is 0 Å². The van der Waals surface area contributed by atoms with E-state index >= 15 is 0 Å². The van der Waals surface area contributed by atoms with Crippen molar-refractivity contribution < 1.29 is 15.0 Å². The molecule has 0 aromatic heterocycles. The van der Waals surface area contributed by atoms with Gasteiger partial charge in [0.1, 0.15) is 0 Å². The van der Waals surface area contributed by atoms with Crippen molar-refractivity contribution in [3.63, 3.8) is 0 Å². The number of aliphatic hydroxyl groups excluding tert-OH is 2. The second kappa shape index (κ2) is 5.08. The molecule has 0 saturated heterocycles. The van der Waals surface area contributed by atoms with Gasteiger partial charge in [-0.1, -0.05) is 13.8 Å². The van der Waals surface area contributed by atoms with Crippen molar-refractivity contribution >= 4 is 5.78 Å². The summed E-state index contributed by atoms with van der Waals surface area (Å²) in [6, 6.07) is 0. The Hall–Kier alpha value is -0.830. The van der Waals surface area contributed by atoms with E-state index in [1.54, 1.807) is 0 Å². The number of carbonyl (C=O) groups excluding carboxylic acids is 1. The molecule has 0 aromatic rings. The fraction of sp³-hybridized carbons (Fsp3) is 0.850. The first kappa shape index (κ1) is 15.7. The van der Waals surface area contributed by atoms with E-state index in [0.717, 1.165) is 31.9 Å². The summed E-state index contributed by atoms with van der Waals surface area (Å²) in [4.78, 5) is 12.2. The van der Waals surface area contributed by atoms with Crippen LogP contribution in [-0.4, -0.2) is 22.1 Å². The highest BCUT2D eigenvalue weighted by atomic mass is 16.3. The first-order valence-electron chi connectivity index (χ1n) is 9.44. The van der Waals surface area contributed by atoms with E-state index < -0.39 is 0 Å². The molecule has 3 nitrogen and oxygen atoms in total. The summed E-state index contributed by atoms with van der Waals surface area (Å²) < 4.78 is 0. The molecule has 0 aromatic carbocycles. The third kappa shape index (κ3) is 2.01. The Labute approximate surface area is 139 Å². The van der Waals surface area contributed by atoms with Crippen LogP contribution in [0.2, 0.25) is 0 Å². The molecule has 4 aliphatic rings. The number of fused-ring (bicyclic) bond motifs is 5. The largest absolute Gasteiger partial charge is 0.515 e. The lowest BCUT2D eigenvalue weighted by molar-refractivity contribution is -0.135. The minimum Gasteiger partial charge on any atom is -0.515 e. The first-order chi connectivity index (χ1) is 10.9. The number of Topliss-reactive ketones (excluding diaryl/α,β-unsaturated/α-hetero) is 1. The average Bonchev–Trinajstić information content (AvgIpc) is 2.83. The van der Waals surface area contributed by atoms with Crippen LogP contribution in [0, 0.1) is 34.5 Å². The number of carbonyl (C=O) groups is 1. The van der Waals surface area contributed by atoms with Gasteiger partial charge in [-0.05, 0) is 79.4 Å². The summed E-state index contributed by atoms with van der Waals surface area (Å²) in [5.41, 5.74) is 0.911. The number of allylic oxidation sites excluding steroid dienone is 1. The minimum atomic E-state index is -0.125. The van der Waals surface area contributed by atoms with Gasteiger partial charge in [0.2, 0.25) is 0 Å². The Morgan fingerprint density at radius 3 is 2.52 bits per heavy atom. The molecule has 0 radical (unpaired) electrons.